The normalized spacial score (nSPS) is 23.0. The molecule has 3 aromatic rings. The number of ether oxygens (including phenoxy) is 3. The lowest BCUT2D eigenvalue weighted by Crippen LogP contribution is -2.50. The number of anilines is 1. The Kier molecular flexibility index (Phi) is 8.39. The highest BCUT2D eigenvalue weighted by Gasteiger charge is 2.42. The van der Waals surface area contributed by atoms with Crippen LogP contribution in [0.1, 0.15) is 59.3 Å². The second kappa shape index (κ2) is 12.1. The van der Waals surface area contributed by atoms with Crippen molar-refractivity contribution < 1.29 is 19.0 Å². The Morgan fingerprint density at radius 1 is 1.02 bits per heavy atom. The Morgan fingerprint density at radius 2 is 1.72 bits per heavy atom. The Hall–Kier alpha value is -3.17. The van der Waals surface area contributed by atoms with Crippen molar-refractivity contribution in [1.29, 1.82) is 0 Å². The molecule has 0 radical (unpaired) electrons. The van der Waals surface area contributed by atoms with Gasteiger partial charge in [-0.25, -0.2) is 9.78 Å². The number of nitrogens with zero attached hydrogens (tertiary/aromatic N) is 4. The molecule has 3 atom stereocenters. The van der Waals surface area contributed by atoms with Crippen molar-refractivity contribution in [1.82, 2.24) is 19.2 Å². The zero-order valence-corrected chi connectivity index (χ0v) is 26.7. The van der Waals surface area contributed by atoms with Gasteiger partial charge in [0.2, 0.25) is 0 Å². The summed E-state index contributed by atoms with van der Waals surface area (Å²) in [5, 5.41) is 4.35. The molecule has 3 aliphatic heterocycles. The van der Waals surface area contributed by atoms with E-state index >= 15 is 0 Å². The number of likely N-dealkylation sites (tertiary alicyclic amines) is 1. The van der Waals surface area contributed by atoms with Gasteiger partial charge in [-0.05, 0) is 77.3 Å². The summed E-state index contributed by atoms with van der Waals surface area (Å²) in [6.45, 7) is 8.51. The molecule has 1 aromatic carbocycles. The Morgan fingerprint density at radius 3 is 2.37 bits per heavy atom. The SMILES string of the molecule is COc1cc(OC)c(-c2cn3ccc(N[C@H]4C[C@H]5CC[C@@H](C4)N5CC4CCN(C(=O)OC(C)(C)C)CC4)cc3n2)cc1Cl. The number of hydrogen-bond acceptors (Lipinski definition) is 7. The number of piperidine rings is 2. The van der Waals surface area contributed by atoms with Gasteiger partial charge < -0.3 is 28.8 Å². The van der Waals surface area contributed by atoms with Gasteiger partial charge in [-0.15, -0.1) is 0 Å². The number of aromatic nitrogens is 2. The van der Waals surface area contributed by atoms with Crippen LogP contribution in [0, 0.1) is 5.92 Å². The summed E-state index contributed by atoms with van der Waals surface area (Å²) in [5.74, 6) is 1.88. The lowest BCUT2D eigenvalue weighted by Gasteiger charge is -2.42. The molecular formula is C33H44ClN5O4. The van der Waals surface area contributed by atoms with Gasteiger partial charge in [-0.3, -0.25) is 4.90 Å². The van der Waals surface area contributed by atoms with Crippen LogP contribution in [0.25, 0.3) is 16.9 Å². The van der Waals surface area contributed by atoms with E-state index in [2.05, 4.69) is 28.5 Å². The van der Waals surface area contributed by atoms with Crippen molar-refractivity contribution in [3.63, 3.8) is 0 Å². The van der Waals surface area contributed by atoms with Crippen molar-refractivity contribution in [2.24, 2.45) is 5.92 Å². The maximum atomic E-state index is 12.5. The van der Waals surface area contributed by atoms with Gasteiger partial charge >= 0.3 is 6.09 Å². The Bertz CT molecular complexity index is 1450. The molecule has 43 heavy (non-hydrogen) atoms. The monoisotopic (exact) mass is 609 g/mol. The third-order valence-corrected chi connectivity index (χ3v) is 9.50. The fraction of sp³-hybridized carbons (Fsp3) is 0.576. The molecule has 0 unspecified atom stereocenters. The minimum atomic E-state index is -0.446. The fourth-order valence-electron chi connectivity index (χ4n) is 7.11. The van der Waals surface area contributed by atoms with Gasteiger partial charge in [0.25, 0.3) is 0 Å². The van der Waals surface area contributed by atoms with Crippen LogP contribution >= 0.6 is 11.6 Å². The van der Waals surface area contributed by atoms with Crippen LogP contribution in [0.5, 0.6) is 11.5 Å². The number of hydrogen-bond donors (Lipinski definition) is 1. The maximum Gasteiger partial charge on any atom is 0.410 e. The van der Waals surface area contributed by atoms with Crippen molar-refractivity contribution in [3.05, 3.63) is 41.7 Å². The number of amides is 1. The minimum absolute atomic E-state index is 0.174. The molecule has 3 aliphatic rings. The molecule has 0 saturated carbocycles. The van der Waals surface area contributed by atoms with Gasteiger partial charge in [0.15, 0.2) is 0 Å². The van der Waals surface area contributed by atoms with E-state index in [4.69, 9.17) is 30.8 Å². The van der Waals surface area contributed by atoms with Gasteiger partial charge in [0, 0.05) is 73.5 Å². The summed E-state index contributed by atoms with van der Waals surface area (Å²) >= 11 is 6.42. The van der Waals surface area contributed by atoms with E-state index < -0.39 is 5.60 Å². The van der Waals surface area contributed by atoms with E-state index in [0.717, 1.165) is 67.9 Å². The molecule has 9 nitrogen and oxygen atoms in total. The quantitative estimate of drug-likeness (QED) is 0.318. The predicted molar refractivity (Wildman–Crippen MR) is 169 cm³/mol. The van der Waals surface area contributed by atoms with Gasteiger partial charge in [0.05, 0.1) is 24.9 Å². The molecule has 5 heterocycles. The van der Waals surface area contributed by atoms with Gasteiger partial charge in [-0.2, -0.15) is 0 Å². The molecule has 1 amide bonds. The first-order valence-corrected chi connectivity index (χ1v) is 15.9. The van der Waals surface area contributed by atoms with Crippen LogP contribution in [0.2, 0.25) is 5.02 Å². The highest BCUT2D eigenvalue weighted by molar-refractivity contribution is 6.32. The third-order valence-electron chi connectivity index (χ3n) is 9.20. The lowest BCUT2D eigenvalue weighted by molar-refractivity contribution is 0.0148. The number of benzene rings is 1. The number of pyridine rings is 1. The van der Waals surface area contributed by atoms with Crippen molar-refractivity contribution in [2.45, 2.75) is 83.0 Å². The van der Waals surface area contributed by atoms with Gasteiger partial charge in [-0.1, -0.05) is 11.6 Å². The second-order valence-electron chi connectivity index (χ2n) is 13.3. The molecule has 0 spiro atoms. The number of fused-ring (bicyclic) bond motifs is 3. The van der Waals surface area contributed by atoms with E-state index in [0.29, 0.717) is 40.6 Å². The van der Waals surface area contributed by atoms with E-state index in [9.17, 15) is 4.79 Å². The molecule has 3 saturated heterocycles. The standard InChI is InChI=1S/C33H44ClN5O4/c1-33(2,3)43-32(40)37-11-8-21(9-12-37)19-39-24-6-7-25(39)15-23(14-24)35-22-10-13-38-20-28(36-31(38)16-22)26-17-27(34)30(42-5)18-29(26)41-4/h10,13,16-18,20-21,23-25,35H,6-9,11-12,14-15,19H2,1-5H3/t23-,24+,25-. The first kappa shape index (κ1) is 29.9. The summed E-state index contributed by atoms with van der Waals surface area (Å²) < 4.78 is 18.6. The number of carbonyl (C=O) groups excluding carboxylic acids is 1. The van der Waals surface area contributed by atoms with E-state index in [1.807, 2.05) is 42.3 Å². The van der Waals surface area contributed by atoms with Gasteiger partial charge in [0.1, 0.15) is 22.7 Å². The zero-order valence-electron chi connectivity index (χ0n) is 25.9. The average Bonchev–Trinajstić information content (AvgIpc) is 3.48. The molecule has 2 bridgehead atoms. The summed E-state index contributed by atoms with van der Waals surface area (Å²) in [5.41, 5.74) is 3.13. The van der Waals surface area contributed by atoms with Crippen molar-refractivity contribution in [2.75, 3.05) is 39.2 Å². The molecule has 10 heteroatoms. The van der Waals surface area contributed by atoms with E-state index in [1.165, 1.54) is 12.8 Å². The van der Waals surface area contributed by atoms with Crippen LogP contribution in [0.3, 0.4) is 0 Å². The molecule has 2 aromatic heterocycles. The molecule has 232 valence electrons. The van der Waals surface area contributed by atoms with Crippen LogP contribution in [-0.4, -0.2) is 82.9 Å². The first-order valence-electron chi connectivity index (χ1n) is 15.5. The molecule has 1 N–H and O–H groups in total. The van der Waals surface area contributed by atoms with Crippen LogP contribution in [0.4, 0.5) is 10.5 Å². The Labute approximate surface area is 259 Å². The maximum absolute atomic E-state index is 12.5. The molecule has 3 fully saturated rings. The number of carbonyl (C=O) groups is 1. The summed E-state index contributed by atoms with van der Waals surface area (Å²) in [4.78, 5) is 22.0. The molecule has 0 aliphatic carbocycles. The summed E-state index contributed by atoms with van der Waals surface area (Å²) in [7, 11) is 3.23. The van der Waals surface area contributed by atoms with Crippen LogP contribution in [0.15, 0.2) is 36.7 Å². The van der Waals surface area contributed by atoms with Crippen molar-refractivity contribution >= 4 is 29.0 Å². The summed E-state index contributed by atoms with van der Waals surface area (Å²) in [6.07, 6.45) is 10.8. The fourth-order valence-corrected chi connectivity index (χ4v) is 7.35. The van der Waals surface area contributed by atoms with Crippen LogP contribution < -0.4 is 14.8 Å². The average molecular weight is 610 g/mol. The lowest BCUT2D eigenvalue weighted by atomic mass is 9.92. The first-order chi connectivity index (χ1) is 20.6. The topological polar surface area (TPSA) is 80.6 Å². The second-order valence-corrected chi connectivity index (χ2v) is 13.7. The number of imidazole rings is 1. The summed E-state index contributed by atoms with van der Waals surface area (Å²) in [6, 6.07) is 9.57. The third kappa shape index (κ3) is 6.53. The van der Waals surface area contributed by atoms with E-state index in [1.54, 1.807) is 20.3 Å². The minimum Gasteiger partial charge on any atom is -0.496 e. The molecular weight excluding hydrogens is 566 g/mol. The number of methoxy groups -OCH3 is 2. The number of rotatable bonds is 7. The highest BCUT2D eigenvalue weighted by Crippen LogP contribution is 2.40. The number of halogens is 1. The largest absolute Gasteiger partial charge is 0.496 e. The highest BCUT2D eigenvalue weighted by atomic mass is 35.5. The number of nitrogens with one attached hydrogen (secondary N) is 1. The Balaban J connectivity index is 1.06. The van der Waals surface area contributed by atoms with E-state index in [-0.39, 0.29) is 6.09 Å². The van der Waals surface area contributed by atoms with Crippen LogP contribution in [-0.2, 0) is 4.74 Å². The predicted octanol–water partition coefficient (Wildman–Crippen LogP) is 6.73. The molecule has 6 rings (SSSR count). The smallest absolute Gasteiger partial charge is 0.410 e. The zero-order chi connectivity index (χ0) is 30.3. The van der Waals surface area contributed by atoms with Crippen molar-refractivity contribution in [3.8, 4) is 22.8 Å².